The Morgan fingerprint density at radius 2 is 0.902 bits per heavy atom. The van der Waals surface area contributed by atoms with Gasteiger partial charge in [0.2, 0.25) is 0 Å². The molecule has 2 nitrogen and oxygen atoms in total. The molecule has 2 aliphatic carbocycles. The number of nitrogens with zero attached hydrogens (tertiary/aromatic N) is 2. The van der Waals surface area contributed by atoms with Crippen LogP contribution in [0, 0.1) is 13.8 Å². The van der Waals surface area contributed by atoms with Crippen molar-refractivity contribution in [1.82, 2.24) is 9.13 Å². The third-order valence-electron chi connectivity index (χ3n) is 8.48. The predicted octanol–water partition coefficient (Wildman–Crippen LogP) is 2.89. The van der Waals surface area contributed by atoms with Gasteiger partial charge in [0.25, 0.3) is 0 Å². The zero-order valence-electron chi connectivity index (χ0n) is 22.9. The number of aromatic nitrogens is 2. The predicted molar refractivity (Wildman–Crippen MR) is 158 cm³/mol. The molecule has 4 aromatic carbocycles. The summed E-state index contributed by atoms with van der Waals surface area (Å²) in [4.78, 5) is 0. The molecule has 0 spiro atoms. The van der Waals surface area contributed by atoms with Gasteiger partial charge >= 0.3 is 242 Å². The van der Waals surface area contributed by atoms with Crippen LogP contribution in [0.1, 0.15) is 45.7 Å². The van der Waals surface area contributed by atoms with Gasteiger partial charge in [-0.05, 0) is 0 Å². The number of halogens is 2. The Morgan fingerprint density at radius 1 is 0.512 bits per heavy atom. The fraction of sp³-hybridized carbons (Fsp3) is 0.111. The summed E-state index contributed by atoms with van der Waals surface area (Å²) in [6.07, 6.45) is 5.06. The van der Waals surface area contributed by atoms with E-state index < -0.39 is 23.2 Å². The second-order valence-electron chi connectivity index (χ2n) is 10.8. The van der Waals surface area contributed by atoms with Crippen LogP contribution in [0.2, 0.25) is 0 Å². The maximum Gasteiger partial charge on any atom is -1.00 e. The van der Waals surface area contributed by atoms with E-state index in [1.54, 1.807) is 6.56 Å². The summed E-state index contributed by atoms with van der Waals surface area (Å²) in [5.74, 6) is 0. The van der Waals surface area contributed by atoms with E-state index in [9.17, 15) is 0 Å². The van der Waals surface area contributed by atoms with Crippen molar-refractivity contribution < 1.29 is 48.0 Å². The smallest absolute Gasteiger partial charge is 1.00 e. The van der Waals surface area contributed by atoms with Gasteiger partial charge in [-0.2, -0.15) is 0 Å². The second kappa shape index (κ2) is 11.0. The van der Waals surface area contributed by atoms with Crippen molar-refractivity contribution >= 4 is 34.0 Å². The number of aryl methyl sites for hydroxylation is 2. The van der Waals surface area contributed by atoms with Crippen molar-refractivity contribution in [2.45, 2.75) is 25.9 Å². The number of allylic oxidation sites excluding steroid dienone is 2. The van der Waals surface area contributed by atoms with Gasteiger partial charge in [-0.15, -0.1) is 0 Å². The van der Waals surface area contributed by atoms with Crippen molar-refractivity contribution in [2.24, 2.45) is 0 Å². The topological polar surface area (TPSA) is 9.86 Å². The molecular weight excluding hydrogens is 623 g/mol. The molecule has 0 aliphatic heterocycles. The summed E-state index contributed by atoms with van der Waals surface area (Å²) in [6, 6.07) is 41.0. The maximum atomic E-state index is 2.60. The maximum absolute atomic E-state index is 2.60. The number of rotatable bonds is 4. The molecule has 2 aliphatic rings. The van der Waals surface area contributed by atoms with E-state index in [1.165, 1.54) is 55.4 Å². The van der Waals surface area contributed by atoms with Gasteiger partial charge in [0, 0.05) is 0 Å². The first kappa shape index (κ1) is 28.0. The van der Waals surface area contributed by atoms with Gasteiger partial charge in [0.05, 0.1) is 0 Å². The van der Waals surface area contributed by atoms with E-state index in [2.05, 4.69) is 144 Å². The first-order valence-electron chi connectivity index (χ1n) is 13.7. The van der Waals surface area contributed by atoms with Crippen LogP contribution in [0.5, 0.6) is 0 Å². The number of fused-ring (bicyclic) bond motifs is 4. The molecule has 0 saturated carbocycles. The number of para-hydroxylation sites is 2. The molecule has 0 radical (unpaired) electrons. The molecule has 0 fully saturated rings. The Kier molecular flexibility index (Phi) is 7.49. The molecule has 41 heavy (non-hydrogen) atoms. The molecule has 0 saturated heterocycles. The van der Waals surface area contributed by atoms with E-state index in [-0.39, 0.29) is 36.9 Å². The van der Waals surface area contributed by atoms with Crippen LogP contribution in [0.4, 0.5) is 0 Å². The Hall–Kier alpha value is -3.10. The first-order chi connectivity index (χ1) is 19.2. The van der Waals surface area contributed by atoms with Crippen molar-refractivity contribution in [2.75, 3.05) is 0 Å². The minimum atomic E-state index is -1.17. The molecule has 2 heterocycles. The minimum Gasteiger partial charge on any atom is -1.00 e. The van der Waals surface area contributed by atoms with Gasteiger partial charge in [-0.3, -0.25) is 0 Å². The fourth-order valence-corrected chi connectivity index (χ4v) is 10.9. The largest absolute Gasteiger partial charge is 1.00 e. The Balaban J connectivity index is 0.00000151. The van der Waals surface area contributed by atoms with Gasteiger partial charge in [-0.25, -0.2) is 0 Å². The quantitative estimate of drug-likeness (QED) is 0.278. The third-order valence-corrected chi connectivity index (χ3v) is 12.0. The van der Waals surface area contributed by atoms with Gasteiger partial charge in [0.15, 0.2) is 0 Å². The SMILES string of the molecule is Cc1cc2ccccc2n1C1[C]([Zr+2][C]2=Cc3ccccc3C2n2c(C)cc3ccccc32)=Cc2ccccc21.[Cl-].[Cl-]. The van der Waals surface area contributed by atoms with Gasteiger partial charge < -0.3 is 24.8 Å². The van der Waals surface area contributed by atoms with Crippen molar-refractivity contribution in [1.29, 1.82) is 0 Å². The molecule has 5 heteroatoms. The Morgan fingerprint density at radius 3 is 1.37 bits per heavy atom. The normalized spacial score (nSPS) is 16.8. The standard InChI is InChI=1S/2C18H14N.2ClH.Zr/c2*1-13-12-15-7-3-5-9-17(15)19(13)18-11-10-14-6-2-4-8-16(14)18;;;/h2*2-10,12,18H,1H3;2*1H;/q;;;;+2/p-2. The molecule has 2 unspecified atom stereocenters. The Bertz CT molecular complexity index is 1850. The zero-order valence-corrected chi connectivity index (χ0v) is 26.8. The van der Waals surface area contributed by atoms with Crippen LogP contribution < -0.4 is 24.8 Å². The molecule has 6 aromatic rings. The van der Waals surface area contributed by atoms with Crippen molar-refractivity contribution in [3.05, 3.63) is 149 Å². The van der Waals surface area contributed by atoms with Crippen LogP contribution in [0.25, 0.3) is 34.0 Å². The second-order valence-corrected chi connectivity index (χ2v) is 14.3. The van der Waals surface area contributed by atoms with Crippen molar-refractivity contribution in [3.8, 4) is 0 Å². The minimum absolute atomic E-state index is 0. The first-order valence-corrected chi connectivity index (χ1v) is 16.1. The molecule has 0 N–H and O–H groups in total. The monoisotopic (exact) mass is 648 g/mol. The van der Waals surface area contributed by atoms with E-state index in [0.717, 1.165) is 0 Å². The van der Waals surface area contributed by atoms with Gasteiger partial charge in [-0.1, -0.05) is 0 Å². The summed E-state index contributed by atoms with van der Waals surface area (Å²) in [7, 11) is 0. The molecule has 2 atom stereocenters. The van der Waals surface area contributed by atoms with Crippen LogP contribution >= 0.6 is 0 Å². The van der Waals surface area contributed by atoms with E-state index in [4.69, 9.17) is 0 Å². The number of hydrogen-bond donors (Lipinski definition) is 0. The third kappa shape index (κ3) is 4.42. The van der Waals surface area contributed by atoms with Crippen LogP contribution in [-0.4, -0.2) is 9.13 Å². The average Bonchev–Trinajstić information content (AvgIpc) is 3.67. The molecule has 0 amide bonds. The summed E-state index contributed by atoms with van der Waals surface area (Å²) in [5.41, 5.74) is 11.0. The summed E-state index contributed by atoms with van der Waals surface area (Å²) in [6.45, 7) is 4.54. The molecular formula is C36H28Cl2N2Zr. The van der Waals surface area contributed by atoms with Gasteiger partial charge in [0.1, 0.15) is 0 Å². The van der Waals surface area contributed by atoms with Crippen molar-refractivity contribution in [3.63, 3.8) is 0 Å². The van der Waals surface area contributed by atoms with E-state index >= 15 is 0 Å². The summed E-state index contributed by atoms with van der Waals surface area (Å²) >= 11 is -1.17. The molecule has 8 rings (SSSR count). The van der Waals surface area contributed by atoms with E-state index in [1.807, 2.05) is 0 Å². The number of hydrogen-bond acceptors (Lipinski definition) is 0. The summed E-state index contributed by atoms with van der Waals surface area (Å²) < 4.78 is 8.45. The zero-order chi connectivity index (χ0) is 26.1. The molecule has 200 valence electrons. The van der Waals surface area contributed by atoms with Crippen LogP contribution in [-0.2, 0) is 23.2 Å². The molecule has 0 bridgehead atoms. The fourth-order valence-electron chi connectivity index (χ4n) is 6.86. The Labute approximate surface area is 264 Å². The van der Waals surface area contributed by atoms with E-state index in [0.29, 0.717) is 0 Å². The molecule has 2 aromatic heterocycles. The average molecular weight is 651 g/mol. The van der Waals surface area contributed by atoms with Crippen LogP contribution in [0.15, 0.2) is 116 Å². The number of benzene rings is 4. The summed E-state index contributed by atoms with van der Waals surface area (Å²) in [5, 5.41) is 2.65. The van der Waals surface area contributed by atoms with Crippen LogP contribution in [0.3, 0.4) is 0 Å².